The molecule has 1 aromatic rings. The highest BCUT2D eigenvalue weighted by Crippen LogP contribution is 2.27. The lowest BCUT2D eigenvalue weighted by Gasteiger charge is -2.17. The van der Waals surface area contributed by atoms with Crippen molar-refractivity contribution in [2.45, 2.75) is 19.4 Å². The number of aromatic nitrogens is 2. The average Bonchev–Trinajstić information content (AvgIpc) is 2.59. The van der Waals surface area contributed by atoms with Crippen molar-refractivity contribution in [3.05, 3.63) is 23.9 Å². The van der Waals surface area contributed by atoms with Crippen LogP contribution in [-0.4, -0.2) is 30.0 Å². The van der Waals surface area contributed by atoms with Crippen molar-refractivity contribution in [2.24, 2.45) is 12.8 Å². The second-order valence-electron chi connectivity index (χ2n) is 3.95. The smallest absolute Gasteiger partial charge is 0.216 e. The van der Waals surface area contributed by atoms with Crippen LogP contribution in [0.5, 0.6) is 5.88 Å². The summed E-state index contributed by atoms with van der Waals surface area (Å²) in [5.41, 5.74) is 7.80. The number of rotatable bonds is 7. The van der Waals surface area contributed by atoms with Crippen LogP contribution in [0.15, 0.2) is 12.7 Å². The summed E-state index contributed by atoms with van der Waals surface area (Å²) in [6.07, 6.45) is 2.80. The van der Waals surface area contributed by atoms with Crippen LogP contribution in [0, 0.1) is 6.92 Å². The summed E-state index contributed by atoms with van der Waals surface area (Å²) in [5, 5.41) is 7.74. The lowest BCUT2D eigenvalue weighted by Crippen LogP contribution is -2.29. The quantitative estimate of drug-likeness (QED) is 0.547. The minimum absolute atomic E-state index is 0.0681. The van der Waals surface area contributed by atoms with Crippen LogP contribution in [0.2, 0.25) is 0 Å². The average molecular weight is 238 g/mol. The van der Waals surface area contributed by atoms with Crippen molar-refractivity contribution in [1.29, 1.82) is 0 Å². The molecular formula is C12H22N4O. The number of nitrogens with two attached hydrogens (primary N) is 1. The van der Waals surface area contributed by atoms with Crippen LogP contribution in [0.25, 0.3) is 0 Å². The molecule has 3 N–H and O–H groups in total. The Morgan fingerprint density at radius 3 is 2.88 bits per heavy atom. The van der Waals surface area contributed by atoms with Crippen LogP contribution in [0.1, 0.15) is 23.7 Å². The minimum atomic E-state index is 0.0681. The van der Waals surface area contributed by atoms with Crippen LogP contribution >= 0.6 is 0 Å². The zero-order valence-corrected chi connectivity index (χ0v) is 10.9. The summed E-state index contributed by atoms with van der Waals surface area (Å²) in [6, 6.07) is 0.0681. The van der Waals surface area contributed by atoms with Crippen molar-refractivity contribution >= 4 is 0 Å². The fraction of sp³-hybridized carbons (Fsp3) is 0.583. The normalized spacial score (nSPS) is 12.5. The van der Waals surface area contributed by atoms with Gasteiger partial charge in [-0.05, 0) is 19.9 Å². The maximum Gasteiger partial charge on any atom is 0.216 e. The first-order valence-electron chi connectivity index (χ1n) is 5.77. The van der Waals surface area contributed by atoms with E-state index >= 15 is 0 Å². The largest absolute Gasteiger partial charge is 0.481 e. The van der Waals surface area contributed by atoms with Gasteiger partial charge >= 0.3 is 0 Å². The van der Waals surface area contributed by atoms with Gasteiger partial charge in [0.15, 0.2) is 0 Å². The van der Waals surface area contributed by atoms with Crippen molar-refractivity contribution in [1.82, 2.24) is 15.1 Å². The first-order valence-corrected chi connectivity index (χ1v) is 5.77. The van der Waals surface area contributed by atoms with E-state index in [2.05, 4.69) is 17.0 Å². The zero-order chi connectivity index (χ0) is 12.8. The molecule has 0 aliphatic carbocycles. The second-order valence-corrected chi connectivity index (χ2v) is 3.95. The monoisotopic (exact) mass is 238 g/mol. The molecule has 0 amide bonds. The molecule has 1 rings (SSSR count). The van der Waals surface area contributed by atoms with Gasteiger partial charge in [-0.25, -0.2) is 4.68 Å². The van der Waals surface area contributed by atoms with Gasteiger partial charge in [0, 0.05) is 13.6 Å². The maximum atomic E-state index is 5.81. The third kappa shape index (κ3) is 3.08. The molecular weight excluding hydrogens is 216 g/mol. The van der Waals surface area contributed by atoms with Gasteiger partial charge in [-0.1, -0.05) is 6.08 Å². The fourth-order valence-corrected chi connectivity index (χ4v) is 1.96. The SMILES string of the molecule is C=CCCNC(CN)c1c(C)nn(C)c1OC. The van der Waals surface area contributed by atoms with Crippen LogP contribution < -0.4 is 15.8 Å². The Morgan fingerprint density at radius 2 is 2.35 bits per heavy atom. The number of ether oxygens (including phenoxy) is 1. The van der Waals surface area contributed by atoms with Gasteiger partial charge in [-0.15, -0.1) is 6.58 Å². The van der Waals surface area contributed by atoms with Gasteiger partial charge in [-0.2, -0.15) is 5.10 Å². The molecule has 0 spiro atoms. The first kappa shape index (κ1) is 13.7. The topological polar surface area (TPSA) is 65.1 Å². The molecule has 0 aliphatic heterocycles. The van der Waals surface area contributed by atoms with E-state index in [-0.39, 0.29) is 6.04 Å². The number of hydrogen-bond donors (Lipinski definition) is 2. The highest BCUT2D eigenvalue weighted by atomic mass is 16.5. The van der Waals surface area contributed by atoms with E-state index in [1.165, 1.54) is 0 Å². The van der Waals surface area contributed by atoms with E-state index < -0.39 is 0 Å². The molecule has 0 aromatic carbocycles. The first-order chi connectivity index (χ1) is 8.15. The summed E-state index contributed by atoms with van der Waals surface area (Å²) >= 11 is 0. The van der Waals surface area contributed by atoms with Crippen molar-refractivity contribution in [3.8, 4) is 5.88 Å². The molecule has 0 saturated heterocycles. The Kier molecular flexibility index (Phi) is 5.18. The van der Waals surface area contributed by atoms with Crippen LogP contribution in [-0.2, 0) is 7.05 Å². The van der Waals surface area contributed by atoms with E-state index in [1.54, 1.807) is 11.8 Å². The molecule has 0 bridgehead atoms. The molecule has 1 unspecified atom stereocenters. The van der Waals surface area contributed by atoms with E-state index in [0.717, 1.165) is 30.1 Å². The van der Waals surface area contributed by atoms with Gasteiger partial charge in [-0.3, -0.25) is 0 Å². The van der Waals surface area contributed by atoms with Gasteiger partial charge in [0.2, 0.25) is 5.88 Å². The number of hydrogen-bond acceptors (Lipinski definition) is 4. The third-order valence-electron chi connectivity index (χ3n) is 2.73. The molecule has 1 atom stereocenters. The van der Waals surface area contributed by atoms with Gasteiger partial charge in [0.1, 0.15) is 0 Å². The Morgan fingerprint density at radius 1 is 1.65 bits per heavy atom. The molecule has 5 nitrogen and oxygen atoms in total. The summed E-state index contributed by atoms with van der Waals surface area (Å²) in [7, 11) is 3.52. The third-order valence-corrected chi connectivity index (χ3v) is 2.73. The molecule has 17 heavy (non-hydrogen) atoms. The summed E-state index contributed by atoms with van der Waals surface area (Å²) < 4.78 is 7.11. The van der Waals surface area contributed by atoms with E-state index in [1.807, 2.05) is 20.0 Å². The Hall–Kier alpha value is -1.33. The molecule has 0 saturated carbocycles. The lowest BCUT2D eigenvalue weighted by molar-refractivity contribution is 0.363. The van der Waals surface area contributed by atoms with E-state index in [0.29, 0.717) is 6.54 Å². The molecule has 1 heterocycles. The van der Waals surface area contributed by atoms with E-state index in [9.17, 15) is 0 Å². The molecule has 5 heteroatoms. The van der Waals surface area contributed by atoms with Gasteiger partial charge < -0.3 is 15.8 Å². The standard InChI is InChI=1S/C12H22N4O/c1-5-6-7-14-10(8-13)11-9(2)15-16(3)12(11)17-4/h5,10,14H,1,6-8,13H2,2-4H3. The number of nitrogens with one attached hydrogen (secondary N) is 1. The van der Waals surface area contributed by atoms with Crippen molar-refractivity contribution in [2.75, 3.05) is 20.2 Å². The minimum Gasteiger partial charge on any atom is -0.481 e. The van der Waals surface area contributed by atoms with Crippen molar-refractivity contribution in [3.63, 3.8) is 0 Å². The molecule has 1 aromatic heterocycles. The Labute approximate surface area is 103 Å². The highest BCUT2D eigenvalue weighted by Gasteiger charge is 2.21. The number of methoxy groups -OCH3 is 1. The van der Waals surface area contributed by atoms with Crippen LogP contribution in [0.4, 0.5) is 0 Å². The summed E-state index contributed by atoms with van der Waals surface area (Å²) in [4.78, 5) is 0. The predicted octanol–water partition coefficient (Wildman–Crippen LogP) is 0.903. The fourth-order valence-electron chi connectivity index (χ4n) is 1.96. The van der Waals surface area contributed by atoms with Gasteiger partial charge in [0.25, 0.3) is 0 Å². The predicted molar refractivity (Wildman–Crippen MR) is 69.1 cm³/mol. The zero-order valence-electron chi connectivity index (χ0n) is 10.9. The highest BCUT2D eigenvalue weighted by molar-refractivity contribution is 5.34. The molecule has 0 aliphatic rings. The van der Waals surface area contributed by atoms with Crippen molar-refractivity contribution < 1.29 is 4.74 Å². The van der Waals surface area contributed by atoms with Gasteiger partial charge in [0.05, 0.1) is 24.4 Å². The lowest BCUT2D eigenvalue weighted by atomic mass is 10.1. The summed E-state index contributed by atoms with van der Waals surface area (Å²) in [5.74, 6) is 0.768. The Bertz CT molecular complexity index is 373. The maximum absolute atomic E-state index is 5.81. The Balaban J connectivity index is 2.90. The molecule has 0 fully saturated rings. The number of aryl methyl sites for hydroxylation is 2. The second kappa shape index (κ2) is 6.42. The summed E-state index contributed by atoms with van der Waals surface area (Å²) in [6.45, 7) is 7.03. The molecule has 96 valence electrons. The number of nitrogens with zero attached hydrogens (tertiary/aromatic N) is 2. The van der Waals surface area contributed by atoms with E-state index in [4.69, 9.17) is 10.5 Å². The molecule has 0 radical (unpaired) electrons. The van der Waals surface area contributed by atoms with Crippen LogP contribution in [0.3, 0.4) is 0 Å².